The molecule has 100 valence electrons. The smallest absolute Gasteiger partial charge is 0.336 e. The molecule has 0 unspecified atom stereocenters. The van der Waals surface area contributed by atoms with Crippen LogP contribution in [-0.4, -0.2) is 47.9 Å². The van der Waals surface area contributed by atoms with Gasteiger partial charge >= 0.3 is 17.9 Å². The lowest BCUT2D eigenvalue weighted by molar-refractivity contribution is -0.171. The molecule has 0 saturated heterocycles. The van der Waals surface area contributed by atoms with Gasteiger partial charge in [0.15, 0.2) is 6.10 Å². The molecule has 0 aromatic heterocycles. The van der Waals surface area contributed by atoms with Crippen LogP contribution in [0.5, 0.6) is 0 Å². The molecule has 1 aliphatic heterocycles. The van der Waals surface area contributed by atoms with Crippen LogP contribution < -0.4 is 0 Å². The van der Waals surface area contributed by atoms with Crippen molar-refractivity contribution >= 4 is 17.9 Å². The van der Waals surface area contributed by atoms with Gasteiger partial charge in [0.1, 0.15) is 18.8 Å². The number of hydrogen-bond donors (Lipinski definition) is 1. The Morgan fingerprint density at radius 1 is 1.22 bits per heavy atom. The summed E-state index contributed by atoms with van der Waals surface area (Å²) in [6.45, 7) is 2.26. The quantitative estimate of drug-likeness (QED) is 0.554. The monoisotopic (exact) mass is 258 g/mol. The van der Waals surface area contributed by atoms with Crippen LogP contribution in [0.1, 0.15) is 13.8 Å². The second-order valence-electron chi connectivity index (χ2n) is 3.69. The number of rotatable bonds is 4. The summed E-state index contributed by atoms with van der Waals surface area (Å²) in [7, 11) is 0. The van der Waals surface area contributed by atoms with Gasteiger partial charge < -0.3 is 19.3 Å². The minimum absolute atomic E-state index is 0.179. The summed E-state index contributed by atoms with van der Waals surface area (Å²) in [5, 5.41) is 8.81. The van der Waals surface area contributed by atoms with Crippen molar-refractivity contribution in [3.8, 4) is 0 Å². The van der Waals surface area contributed by atoms with Gasteiger partial charge in [0.25, 0.3) is 0 Å². The Morgan fingerprint density at radius 2 is 1.89 bits per heavy atom. The van der Waals surface area contributed by atoms with Gasteiger partial charge in [-0.05, 0) is 12.2 Å². The average molecular weight is 258 g/mol. The number of hydrogen-bond acceptors (Lipinski definition) is 6. The Bertz CT molecular complexity index is 374. The molecule has 3 atom stereocenters. The molecule has 0 fully saturated rings. The predicted molar refractivity (Wildman–Crippen MR) is 57.6 cm³/mol. The average Bonchev–Trinajstić information content (AvgIpc) is 2.26. The summed E-state index contributed by atoms with van der Waals surface area (Å²) in [5.74, 6) is -2.23. The fourth-order valence-corrected chi connectivity index (χ4v) is 1.43. The van der Waals surface area contributed by atoms with Gasteiger partial charge in [-0.25, -0.2) is 4.79 Å². The molecule has 18 heavy (non-hydrogen) atoms. The molecule has 0 aliphatic carbocycles. The Morgan fingerprint density at radius 3 is 2.39 bits per heavy atom. The zero-order valence-corrected chi connectivity index (χ0v) is 9.99. The Kier molecular flexibility index (Phi) is 4.85. The van der Waals surface area contributed by atoms with Crippen molar-refractivity contribution < 1.29 is 33.7 Å². The predicted octanol–water partition coefficient (Wildman–Crippen LogP) is -0.111. The normalized spacial score (nSPS) is 26.4. The first-order chi connectivity index (χ1) is 8.40. The second kappa shape index (κ2) is 6.15. The van der Waals surface area contributed by atoms with E-state index in [0.717, 1.165) is 0 Å². The summed E-state index contributed by atoms with van der Waals surface area (Å²) in [5.41, 5.74) is 0. The largest absolute Gasteiger partial charge is 0.479 e. The van der Waals surface area contributed by atoms with E-state index < -0.39 is 36.2 Å². The molecule has 1 N–H and O–H groups in total. The summed E-state index contributed by atoms with van der Waals surface area (Å²) in [6, 6.07) is 0. The highest BCUT2D eigenvalue weighted by Gasteiger charge is 2.33. The molecule has 0 spiro atoms. The maximum absolute atomic E-state index is 10.9. The van der Waals surface area contributed by atoms with Crippen molar-refractivity contribution in [3.05, 3.63) is 12.2 Å². The lowest BCUT2D eigenvalue weighted by atomic mass is 10.1. The lowest BCUT2D eigenvalue weighted by Crippen LogP contribution is -2.43. The van der Waals surface area contributed by atoms with Crippen molar-refractivity contribution in [2.75, 3.05) is 6.61 Å². The number of carbonyl (C=O) groups is 3. The minimum Gasteiger partial charge on any atom is -0.479 e. The summed E-state index contributed by atoms with van der Waals surface area (Å²) in [4.78, 5) is 32.4. The topological polar surface area (TPSA) is 99.1 Å². The van der Waals surface area contributed by atoms with Crippen LogP contribution >= 0.6 is 0 Å². The first kappa shape index (κ1) is 14.2. The molecule has 1 rings (SSSR count). The standard InChI is InChI=1S/C11H14O7/c1-6(12)16-5-10-8(17-7(2)13)3-4-9(18-10)11(14)15/h3-4,8-10H,5H2,1-2H3,(H,14,15)/t8-,9-,10+/m0/s1. The zero-order chi connectivity index (χ0) is 13.7. The van der Waals surface area contributed by atoms with Crippen LogP contribution in [-0.2, 0) is 28.6 Å². The third kappa shape index (κ3) is 4.17. The zero-order valence-electron chi connectivity index (χ0n) is 9.99. The number of carboxylic acid groups (broad SMARTS) is 1. The Hall–Kier alpha value is -1.89. The van der Waals surface area contributed by atoms with E-state index in [1.807, 2.05) is 0 Å². The summed E-state index contributed by atoms with van der Waals surface area (Å²) < 4.78 is 14.8. The van der Waals surface area contributed by atoms with E-state index in [2.05, 4.69) is 0 Å². The van der Waals surface area contributed by atoms with Gasteiger partial charge in [-0.15, -0.1) is 0 Å². The van der Waals surface area contributed by atoms with Gasteiger partial charge in [0.2, 0.25) is 0 Å². The van der Waals surface area contributed by atoms with Crippen LogP contribution in [0.25, 0.3) is 0 Å². The maximum atomic E-state index is 10.9. The first-order valence-electron chi connectivity index (χ1n) is 5.27. The SMILES string of the molecule is CC(=O)OC[C@H]1O[C@H](C(=O)O)C=C[C@@H]1OC(C)=O. The molecule has 7 heteroatoms. The number of ether oxygens (including phenoxy) is 3. The molecule has 0 amide bonds. The Balaban J connectivity index is 2.72. The van der Waals surface area contributed by atoms with E-state index in [0.29, 0.717) is 0 Å². The van der Waals surface area contributed by atoms with Crippen LogP contribution in [0.3, 0.4) is 0 Å². The van der Waals surface area contributed by atoms with Gasteiger partial charge in [0, 0.05) is 13.8 Å². The maximum Gasteiger partial charge on any atom is 0.336 e. The van der Waals surface area contributed by atoms with Gasteiger partial charge in [-0.1, -0.05) is 0 Å². The highest BCUT2D eigenvalue weighted by Crippen LogP contribution is 2.17. The van der Waals surface area contributed by atoms with E-state index in [1.54, 1.807) is 0 Å². The van der Waals surface area contributed by atoms with Crippen LogP contribution in [0.2, 0.25) is 0 Å². The fraction of sp³-hybridized carbons (Fsp3) is 0.545. The molecular formula is C11H14O7. The highest BCUT2D eigenvalue weighted by molar-refractivity contribution is 5.75. The minimum atomic E-state index is -1.17. The summed E-state index contributed by atoms with van der Waals surface area (Å²) in [6.07, 6.45) is -0.0448. The van der Waals surface area contributed by atoms with E-state index in [-0.39, 0.29) is 6.61 Å². The van der Waals surface area contributed by atoms with Crippen LogP contribution in [0, 0.1) is 0 Å². The van der Waals surface area contributed by atoms with E-state index >= 15 is 0 Å². The van der Waals surface area contributed by atoms with Crippen molar-refractivity contribution in [1.29, 1.82) is 0 Å². The van der Waals surface area contributed by atoms with Crippen molar-refractivity contribution in [2.24, 2.45) is 0 Å². The molecule has 0 aromatic carbocycles. The van der Waals surface area contributed by atoms with Gasteiger partial charge in [0.05, 0.1) is 0 Å². The second-order valence-corrected chi connectivity index (χ2v) is 3.69. The molecule has 1 heterocycles. The molecule has 1 aliphatic rings. The molecular weight excluding hydrogens is 244 g/mol. The van der Waals surface area contributed by atoms with Crippen LogP contribution in [0.4, 0.5) is 0 Å². The Labute approximate surface area is 103 Å². The van der Waals surface area contributed by atoms with Crippen molar-refractivity contribution in [3.63, 3.8) is 0 Å². The van der Waals surface area contributed by atoms with Crippen molar-refractivity contribution in [2.45, 2.75) is 32.2 Å². The molecule has 7 nitrogen and oxygen atoms in total. The number of aliphatic carboxylic acids is 1. The number of carbonyl (C=O) groups excluding carboxylic acids is 2. The molecule has 0 saturated carbocycles. The molecule has 0 radical (unpaired) electrons. The lowest BCUT2D eigenvalue weighted by Gasteiger charge is -2.29. The number of esters is 2. The third-order valence-corrected chi connectivity index (χ3v) is 2.16. The van der Waals surface area contributed by atoms with Crippen molar-refractivity contribution in [1.82, 2.24) is 0 Å². The van der Waals surface area contributed by atoms with E-state index in [4.69, 9.17) is 19.3 Å². The first-order valence-corrected chi connectivity index (χ1v) is 5.27. The third-order valence-electron chi connectivity index (χ3n) is 2.16. The van der Waals surface area contributed by atoms with Gasteiger partial charge in [-0.3, -0.25) is 9.59 Å². The van der Waals surface area contributed by atoms with E-state index in [9.17, 15) is 14.4 Å². The van der Waals surface area contributed by atoms with Gasteiger partial charge in [-0.2, -0.15) is 0 Å². The van der Waals surface area contributed by atoms with Crippen LogP contribution in [0.15, 0.2) is 12.2 Å². The fourth-order valence-electron chi connectivity index (χ4n) is 1.43. The number of carboxylic acids is 1. The summed E-state index contributed by atoms with van der Waals surface area (Å²) >= 11 is 0. The molecule has 0 bridgehead atoms. The molecule has 0 aromatic rings. The van der Waals surface area contributed by atoms with E-state index in [1.165, 1.54) is 26.0 Å². The highest BCUT2D eigenvalue weighted by atomic mass is 16.6.